The molecule has 0 radical (unpaired) electrons. The van der Waals surface area contributed by atoms with Gasteiger partial charge in [-0.2, -0.15) is 0 Å². The molecule has 0 bridgehead atoms. The molecule has 1 aliphatic heterocycles. The molecule has 0 aromatic carbocycles. The molecule has 2 N–H and O–H groups in total. The number of amides is 1. The molecular formula is C19H40IN5O. The van der Waals surface area contributed by atoms with Gasteiger partial charge in [-0.15, -0.1) is 24.0 Å². The van der Waals surface area contributed by atoms with E-state index in [1.807, 2.05) is 4.90 Å². The molecule has 0 aromatic heterocycles. The highest BCUT2D eigenvalue weighted by atomic mass is 127. The third-order valence-corrected chi connectivity index (χ3v) is 4.58. The zero-order valence-corrected chi connectivity index (χ0v) is 19.4. The Labute approximate surface area is 177 Å². The van der Waals surface area contributed by atoms with Crippen molar-refractivity contribution in [2.45, 2.75) is 59.3 Å². The molecule has 0 aromatic rings. The monoisotopic (exact) mass is 481 g/mol. The number of nitrogens with zero attached hydrogens (tertiary/aromatic N) is 3. The van der Waals surface area contributed by atoms with Crippen LogP contribution in [0.2, 0.25) is 0 Å². The van der Waals surface area contributed by atoms with Crippen LogP contribution in [0.5, 0.6) is 0 Å². The molecule has 1 amide bonds. The van der Waals surface area contributed by atoms with Crippen LogP contribution in [0.15, 0.2) is 4.99 Å². The van der Waals surface area contributed by atoms with Crippen LogP contribution >= 0.6 is 24.0 Å². The van der Waals surface area contributed by atoms with Crippen molar-refractivity contribution in [1.29, 1.82) is 0 Å². The van der Waals surface area contributed by atoms with E-state index in [9.17, 15) is 4.79 Å². The van der Waals surface area contributed by atoms with E-state index in [0.29, 0.717) is 5.91 Å². The zero-order valence-electron chi connectivity index (χ0n) is 17.1. The summed E-state index contributed by atoms with van der Waals surface area (Å²) < 4.78 is 0. The second-order valence-electron chi connectivity index (χ2n) is 6.67. The van der Waals surface area contributed by atoms with Crippen molar-refractivity contribution < 1.29 is 4.79 Å². The Kier molecular flexibility index (Phi) is 16.2. The van der Waals surface area contributed by atoms with E-state index < -0.39 is 0 Å². The number of likely N-dealkylation sites (N-methyl/N-ethyl adjacent to an activating group) is 1. The van der Waals surface area contributed by atoms with Gasteiger partial charge in [0.25, 0.3) is 0 Å². The summed E-state index contributed by atoms with van der Waals surface area (Å²) in [5, 5.41) is 6.72. The molecule has 1 aliphatic rings. The minimum atomic E-state index is 0. The first-order valence-electron chi connectivity index (χ1n) is 10.2. The maximum Gasteiger partial charge on any atom is 0.222 e. The topological polar surface area (TPSA) is 60.0 Å². The van der Waals surface area contributed by atoms with Gasteiger partial charge in [0.1, 0.15) is 0 Å². The molecule has 1 rings (SSSR count). The molecule has 1 fully saturated rings. The lowest BCUT2D eigenvalue weighted by molar-refractivity contribution is -0.130. The second kappa shape index (κ2) is 16.6. The average molecular weight is 481 g/mol. The highest BCUT2D eigenvalue weighted by Crippen LogP contribution is 2.11. The highest BCUT2D eigenvalue weighted by Gasteiger charge is 2.15. The molecule has 0 unspecified atom stereocenters. The van der Waals surface area contributed by atoms with Gasteiger partial charge in [0.05, 0.1) is 0 Å². The Bertz CT molecular complexity index is 392. The molecular weight excluding hydrogens is 441 g/mol. The van der Waals surface area contributed by atoms with E-state index in [-0.39, 0.29) is 24.0 Å². The predicted molar refractivity (Wildman–Crippen MR) is 121 cm³/mol. The second-order valence-corrected chi connectivity index (χ2v) is 6.67. The summed E-state index contributed by atoms with van der Waals surface area (Å²) in [7, 11) is 0. The molecule has 1 heterocycles. The van der Waals surface area contributed by atoms with E-state index in [1.165, 1.54) is 12.8 Å². The largest absolute Gasteiger partial charge is 0.357 e. The Morgan fingerprint density at radius 2 is 1.96 bits per heavy atom. The number of guanidine groups is 1. The fourth-order valence-corrected chi connectivity index (χ4v) is 3.15. The number of aliphatic imine (C=N–C) groups is 1. The van der Waals surface area contributed by atoms with Gasteiger partial charge in [0, 0.05) is 45.7 Å². The molecule has 1 saturated heterocycles. The van der Waals surface area contributed by atoms with Crippen molar-refractivity contribution in [1.82, 2.24) is 20.4 Å². The predicted octanol–water partition coefficient (Wildman–Crippen LogP) is 2.68. The first-order chi connectivity index (χ1) is 12.2. The van der Waals surface area contributed by atoms with Gasteiger partial charge in [-0.3, -0.25) is 9.79 Å². The Morgan fingerprint density at radius 3 is 2.65 bits per heavy atom. The zero-order chi connectivity index (χ0) is 18.3. The fourth-order valence-electron chi connectivity index (χ4n) is 3.15. The molecule has 154 valence electrons. The first kappa shape index (κ1) is 25.4. The lowest BCUT2D eigenvalue weighted by atomic mass is 10.2. The van der Waals surface area contributed by atoms with Crippen molar-refractivity contribution in [2.75, 3.05) is 52.4 Å². The lowest BCUT2D eigenvalue weighted by Crippen LogP contribution is -2.42. The number of likely N-dealkylation sites (tertiary alicyclic amines) is 1. The lowest BCUT2D eigenvalue weighted by Gasteiger charge is -2.21. The van der Waals surface area contributed by atoms with Crippen LogP contribution < -0.4 is 10.6 Å². The fraction of sp³-hybridized carbons (Fsp3) is 0.895. The summed E-state index contributed by atoms with van der Waals surface area (Å²) in [4.78, 5) is 21.1. The number of nitrogens with one attached hydrogen (secondary N) is 2. The van der Waals surface area contributed by atoms with E-state index in [1.54, 1.807) is 0 Å². The summed E-state index contributed by atoms with van der Waals surface area (Å²) >= 11 is 0. The molecule has 6 nitrogen and oxygen atoms in total. The van der Waals surface area contributed by atoms with Gasteiger partial charge in [-0.05, 0) is 45.7 Å². The van der Waals surface area contributed by atoms with Crippen LogP contribution in [0, 0.1) is 0 Å². The quantitative estimate of drug-likeness (QED) is 0.206. The molecule has 26 heavy (non-hydrogen) atoms. The number of halogens is 1. The third-order valence-electron chi connectivity index (χ3n) is 4.58. The summed E-state index contributed by atoms with van der Waals surface area (Å²) in [6, 6.07) is 0. The number of hydrogen-bond donors (Lipinski definition) is 2. The first-order valence-corrected chi connectivity index (χ1v) is 10.2. The molecule has 7 heteroatoms. The Balaban J connectivity index is 0.00000625. The smallest absolute Gasteiger partial charge is 0.222 e. The highest BCUT2D eigenvalue weighted by molar-refractivity contribution is 14.0. The van der Waals surface area contributed by atoms with E-state index in [4.69, 9.17) is 0 Å². The van der Waals surface area contributed by atoms with Gasteiger partial charge in [-0.25, -0.2) is 0 Å². The number of hydrogen-bond acceptors (Lipinski definition) is 3. The van der Waals surface area contributed by atoms with E-state index in [2.05, 4.69) is 41.3 Å². The van der Waals surface area contributed by atoms with Crippen LogP contribution in [0.4, 0.5) is 0 Å². The third kappa shape index (κ3) is 11.2. The number of carbonyl (C=O) groups is 1. The number of rotatable bonds is 11. The van der Waals surface area contributed by atoms with Gasteiger partial charge >= 0.3 is 0 Å². The van der Waals surface area contributed by atoms with Crippen molar-refractivity contribution >= 4 is 35.8 Å². The Hall–Kier alpha value is -0.570. The SMILES string of the molecule is CCCN(CC)CCNC(=NCCCN1CCCCCC1=O)NCC.I. The molecule has 0 spiro atoms. The van der Waals surface area contributed by atoms with Crippen molar-refractivity contribution in [2.24, 2.45) is 4.99 Å². The van der Waals surface area contributed by atoms with Crippen LogP contribution in [-0.2, 0) is 4.79 Å². The summed E-state index contributed by atoms with van der Waals surface area (Å²) in [6.07, 6.45) is 6.22. The minimum absolute atomic E-state index is 0. The van der Waals surface area contributed by atoms with Crippen LogP contribution in [-0.4, -0.2) is 74.0 Å². The standard InChI is InChI=1S/C19H39N5O.HI/c1-4-14-23(6-3)17-13-22-19(20-5-2)21-12-10-16-24-15-9-7-8-11-18(24)25;/h4-17H2,1-3H3,(H2,20,21,22);1H. The van der Waals surface area contributed by atoms with Crippen molar-refractivity contribution in [3.8, 4) is 0 Å². The molecule has 0 saturated carbocycles. The van der Waals surface area contributed by atoms with Gasteiger partial charge in [0.2, 0.25) is 5.91 Å². The van der Waals surface area contributed by atoms with Crippen LogP contribution in [0.3, 0.4) is 0 Å². The summed E-state index contributed by atoms with van der Waals surface area (Å²) in [5.41, 5.74) is 0. The van der Waals surface area contributed by atoms with Gasteiger partial charge in [0.15, 0.2) is 5.96 Å². The summed E-state index contributed by atoms with van der Waals surface area (Å²) in [6.45, 7) is 14.1. The number of carbonyl (C=O) groups excluding carboxylic acids is 1. The average Bonchev–Trinajstić information content (AvgIpc) is 2.82. The van der Waals surface area contributed by atoms with Gasteiger partial charge < -0.3 is 20.4 Å². The van der Waals surface area contributed by atoms with Crippen LogP contribution in [0.25, 0.3) is 0 Å². The summed E-state index contributed by atoms with van der Waals surface area (Å²) in [5.74, 6) is 1.21. The molecule has 0 atom stereocenters. The van der Waals surface area contributed by atoms with E-state index in [0.717, 1.165) is 84.0 Å². The normalized spacial score (nSPS) is 15.6. The van der Waals surface area contributed by atoms with Crippen LogP contribution in [0.1, 0.15) is 59.3 Å². The molecule has 0 aliphatic carbocycles. The maximum atomic E-state index is 12.0. The van der Waals surface area contributed by atoms with Gasteiger partial charge in [-0.1, -0.05) is 20.3 Å². The van der Waals surface area contributed by atoms with E-state index >= 15 is 0 Å². The van der Waals surface area contributed by atoms with Crippen molar-refractivity contribution in [3.63, 3.8) is 0 Å². The Morgan fingerprint density at radius 1 is 1.15 bits per heavy atom. The minimum Gasteiger partial charge on any atom is -0.357 e. The van der Waals surface area contributed by atoms with Crippen molar-refractivity contribution in [3.05, 3.63) is 0 Å². The maximum absolute atomic E-state index is 12.0.